The summed E-state index contributed by atoms with van der Waals surface area (Å²) in [6.45, 7) is 6.70. The number of nitrogens with two attached hydrogens (primary N) is 1. The maximum atomic E-state index is 12.7. The van der Waals surface area contributed by atoms with Gasteiger partial charge < -0.3 is 75.7 Å². The van der Waals surface area contributed by atoms with E-state index in [1.165, 1.54) is 13.0 Å². The lowest BCUT2D eigenvalue weighted by molar-refractivity contribution is -0.310. The van der Waals surface area contributed by atoms with Gasteiger partial charge in [-0.2, -0.15) is 0 Å². The monoisotopic (exact) mass is 921 g/mol. The van der Waals surface area contributed by atoms with Crippen LogP contribution in [0.2, 0.25) is 0 Å². The lowest BCUT2D eigenvalue weighted by atomic mass is 9.82. The van der Waals surface area contributed by atoms with Gasteiger partial charge in [0.2, 0.25) is 0 Å². The highest BCUT2D eigenvalue weighted by Crippen LogP contribution is 2.38. The van der Waals surface area contributed by atoms with Crippen molar-refractivity contribution in [2.24, 2.45) is 23.5 Å². The number of esters is 1. The van der Waals surface area contributed by atoms with Gasteiger partial charge in [0.05, 0.1) is 73.5 Å². The normalized spacial score (nSPS) is 40.9. The molecule has 3 aliphatic rings. The molecule has 0 aliphatic carbocycles. The maximum Gasteiger partial charge on any atom is 0.311 e. The molecule has 366 valence electrons. The molecule has 17 unspecified atom stereocenters. The Morgan fingerprint density at radius 3 is 1.82 bits per heavy atom. The summed E-state index contributed by atoms with van der Waals surface area (Å²) >= 11 is 0. The van der Waals surface area contributed by atoms with E-state index in [1.54, 1.807) is 86.8 Å². The molecule has 2 saturated heterocycles. The first kappa shape index (κ1) is 55.6. The SMILES string of the molecule is CC1C=CC=CC=CC=CC=CC=CC=CC(OC2OC(C)C(O)C(N)C2O)CC2O[C@](O)(CC(O)C(O)CCC(=O)CC(O)CC(O)CC(=O)OC(C)C(C)C1O)CC(O)C2C(=O)O. The van der Waals surface area contributed by atoms with Crippen molar-refractivity contribution in [1.29, 1.82) is 0 Å². The zero-order valence-electron chi connectivity index (χ0n) is 37.5. The fraction of sp³-hybridized carbons (Fsp3) is 0.638. The Bertz CT molecular complexity index is 1710. The number of carboxylic acid groups (broad SMARTS) is 1. The van der Waals surface area contributed by atoms with Crippen molar-refractivity contribution in [2.45, 2.75) is 170 Å². The van der Waals surface area contributed by atoms with Crippen LogP contribution in [0.3, 0.4) is 0 Å². The molecule has 18 heteroatoms. The van der Waals surface area contributed by atoms with Crippen LogP contribution >= 0.6 is 0 Å². The summed E-state index contributed by atoms with van der Waals surface area (Å²) in [6.07, 6.45) is 3.67. The van der Waals surface area contributed by atoms with Crippen LogP contribution in [0.4, 0.5) is 0 Å². The number of carboxylic acids is 1. The number of hydrogen-bond acceptors (Lipinski definition) is 17. The van der Waals surface area contributed by atoms with Crippen molar-refractivity contribution >= 4 is 17.7 Å². The fourth-order valence-corrected chi connectivity index (χ4v) is 7.82. The molecule has 18 nitrogen and oxygen atoms in total. The van der Waals surface area contributed by atoms with Crippen LogP contribution in [0.15, 0.2) is 85.1 Å². The van der Waals surface area contributed by atoms with Gasteiger partial charge in [0.15, 0.2) is 12.1 Å². The summed E-state index contributed by atoms with van der Waals surface area (Å²) in [7, 11) is 0. The molecular weight excluding hydrogens is 851 g/mol. The van der Waals surface area contributed by atoms with Crippen molar-refractivity contribution in [3.63, 3.8) is 0 Å². The standard InChI is InChI=1S/C47H71NO17/c1-27-17-15-13-11-9-7-5-6-8-10-12-14-16-18-34(64-46-44(58)41(48)43(57)30(4)63-46)24-38-40(45(59)60)37(54)26-47(61,65-38)25-36(53)35(52)20-19-31(49)21-32(50)22-33(51)23-39(55)62-29(3)28(2)42(27)56/h5-18,27-30,32-38,40-44,46,50-54,56-58,61H,19-26,48H2,1-4H3,(H,59,60)/t27?,28?,29?,30?,32?,33?,34?,35?,36?,37?,38?,40?,41?,42?,43?,44?,46?,47-/m1/s1. The van der Waals surface area contributed by atoms with Crippen molar-refractivity contribution in [3.8, 4) is 0 Å². The van der Waals surface area contributed by atoms with Crippen molar-refractivity contribution in [2.75, 3.05) is 0 Å². The predicted octanol–water partition coefficient (Wildman–Crippen LogP) is 0.920. The smallest absolute Gasteiger partial charge is 0.311 e. The molecular formula is C47H71NO17. The Morgan fingerprint density at radius 1 is 0.692 bits per heavy atom. The molecule has 0 aromatic carbocycles. The highest BCUT2D eigenvalue weighted by atomic mass is 16.7. The van der Waals surface area contributed by atoms with Crippen LogP contribution in [0.5, 0.6) is 0 Å². The molecule has 0 aromatic heterocycles. The molecule has 18 atom stereocenters. The van der Waals surface area contributed by atoms with Crippen molar-refractivity contribution < 1.29 is 84.4 Å². The minimum atomic E-state index is -2.38. The van der Waals surface area contributed by atoms with E-state index in [1.807, 2.05) is 13.0 Å². The first-order chi connectivity index (χ1) is 30.6. The summed E-state index contributed by atoms with van der Waals surface area (Å²) in [4.78, 5) is 37.8. The molecule has 2 bridgehead atoms. The Balaban J connectivity index is 1.86. The molecule has 0 spiro atoms. The van der Waals surface area contributed by atoms with Gasteiger partial charge in [-0.25, -0.2) is 0 Å². The number of aliphatic hydroxyl groups is 9. The number of allylic oxidation sites excluding steroid dienone is 12. The number of ether oxygens (including phenoxy) is 4. The van der Waals surface area contributed by atoms with E-state index < -0.39 is 147 Å². The summed E-state index contributed by atoms with van der Waals surface area (Å²) in [5, 5.41) is 107. The van der Waals surface area contributed by atoms with Gasteiger partial charge in [-0.05, 0) is 20.3 Å². The van der Waals surface area contributed by atoms with Gasteiger partial charge >= 0.3 is 11.9 Å². The number of cyclic esters (lactones) is 1. The second-order valence-electron chi connectivity index (χ2n) is 17.4. The Labute approximate surface area is 380 Å². The molecule has 2 fully saturated rings. The summed E-state index contributed by atoms with van der Waals surface area (Å²) in [6, 6.07) is -1.15. The minimum Gasteiger partial charge on any atom is -0.481 e. The number of rotatable bonds is 3. The van der Waals surface area contributed by atoms with Crippen LogP contribution in [0, 0.1) is 17.8 Å². The summed E-state index contributed by atoms with van der Waals surface area (Å²) in [5.74, 6) is -7.51. The zero-order valence-corrected chi connectivity index (χ0v) is 37.5. The third-order valence-electron chi connectivity index (χ3n) is 11.9. The molecule has 12 N–H and O–H groups in total. The Kier molecular flexibility index (Phi) is 23.2. The first-order valence-corrected chi connectivity index (χ1v) is 22.2. The highest BCUT2D eigenvalue weighted by Gasteiger charge is 2.51. The lowest BCUT2D eigenvalue weighted by Crippen LogP contribution is -2.61. The zero-order chi connectivity index (χ0) is 48.4. The average Bonchev–Trinajstić information content (AvgIpc) is 3.21. The second-order valence-corrected chi connectivity index (χ2v) is 17.4. The van der Waals surface area contributed by atoms with Gasteiger partial charge in [-0.1, -0.05) is 98.9 Å². The molecule has 0 amide bonds. The molecule has 3 aliphatic heterocycles. The van der Waals surface area contributed by atoms with E-state index in [2.05, 4.69) is 0 Å². The van der Waals surface area contributed by atoms with E-state index in [4.69, 9.17) is 24.7 Å². The summed E-state index contributed by atoms with van der Waals surface area (Å²) in [5.41, 5.74) is 6.01. The molecule has 3 heterocycles. The van der Waals surface area contributed by atoms with E-state index >= 15 is 0 Å². The van der Waals surface area contributed by atoms with Crippen molar-refractivity contribution in [3.05, 3.63) is 85.1 Å². The van der Waals surface area contributed by atoms with Gasteiger partial charge in [0, 0.05) is 50.4 Å². The number of aliphatic hydroxyl groups excluding tert-OH is 8. The molecule has 3 rings (SSSR count). The van der Waals surface area contributed by atoms with Crippen LogP contribution in [-0.2, 0) is 33.3 Å². The van der Waals surface area contributed by atoms with E-state index in [0.29, 0.717) is 0 Å². The summed E-state index contributed by atoms with van der Waals surface area (Å²) < 4.78 is 23.1. The maximum absolute atomic E-state index is 12.7. The predicted molar refractivity (Wildman–Crippen MR) is 236 cm³/mol. The topological polar surface area (TPSA) is 316 Å². The van der Waals surface area contributed by atoms with Crippen LogP contribution < -0.4 is 5.73 Å². The minimum absolute atomic E-state index is 0.291. The largest absolute Gasteiger partial charge is 0.481 e. The molecule has 65 heavy (non-hydrogen) atoms. The average molecular weight is 922 g/mol. The van der Waals surface area contributed by atoms with Crippen molar-refractivity contribution in [1.82, 2.24) is 0 Å². The van der Waals surface area contributed by atoms with Gasteiger partial charge in [-0.3, -0.25) is 14.4 Å². The Hall–Kier alpha value is -3.73. The van der Waals surface area contributed by atoms with E-state index in [-0.39, 0.29) is 31.6 Å². The first-order valence-electron chi connectivity index (χ1n) is 22.2. The highest BCUT2D eigenvalue weighted by molar-refractivity contribution is 5.78. The van der Waals surface area contributed by atoms with E-state index in [0.717, 1.165) is 0 Å². The quantitative estimate of drug-likeness (QED) is 0.175. The number of ketones is 1. The lowest BCUT2D eigenvalue weighted by Gasteiger charge is -2.45. The van der Waals surface area contributed by atoms with Crippen LogP contribution in [0.1, 0.15) is 79.1 Å². The molecule has 0 radical (unpaired) electrons. The molecule has 0 aromatic rings. The van der Waals surface area contributed by atoms with Gasteiger partial charge in [0.1, 0.15) is 23.9 Å². The second kappa shape index (κ2) is 27.2. The third-order valence-corrected chi connectivity index (χ3v) is 11.9. The van der Waals surface area contributed by atoms with E-state index in [9.17, 15) is 65.4 Å². The van der Waals surface area contributed by atoms with Gasteiger partial charge in [-0.15, -0.1) is 0 Å². The number of fused-ring (bicyclic) bond motifs is 2. The number of aliphatic carboxylic acids is 1. The van der Waals surface area contributed by atoms with Gasteiger partial charge in [0.25, 0.3) is 0 Å². The van der Waals surface area contributed by atoms with Crippen LogP contribution in [-0.4, -0.2) is 160 Å². The number of carbonyl (C=O) groups is 3. The molecule has 0 saturated carbocycles. The number of hydrogen-bond donors (Lipinski definition) is 11. The number of Topliss-reactive ketones (excluding diaryl/α,β-unsaturated/α-hetero) is 1. The van der Waals surface area contributed by atoms with Crippen LogP contribution in [0.25, 0.3) is 0 Å². The number of carbonyl (C=O) groups excluding carboxylic acids is 2. The fourth-order valence-electron chi connectivity index (χ4n) is 7.82. The third kappa shape index (κ3) is 18.5. The Morgan fingerprint density at radius 2 is 1.23 bits per heavy atom.